The molecule has 3 nitrogen and oxygen atoms in total. The lowest BCUT2D eigenvalue weighted by Crippen LogP contribution is -3.14. The second-order valence-corrected chi connectivity index (χ2v) is 5.53. The third-order valence-corrected chi connectivity index (χ3v) is 3.89. The smallest absolute Gasteiger partial charge is 0.156 e. The molecule has 1 aliphatic rings. The standard InChI is InChI=1S/C14H19Cl2NO2/c15-12-4-3-5-13(16)14(12)19-9-2-1-6-17-7-10-18-11-8-17/h3-5H,1-2,6-11H2/p+1. The van der Waals surface area contributed by atoms with E-state index in [1.54, 1.807) is 17.0 Å². The van der Waals surface area contributed by atoms with Gasteiger partial charge in [-0.25, -0.2) is 0 Å². The van der Waals surface area contributed by atoms with Gasteiger partial charge in [0.05, 0.1) is 36.4 Å². The number of hydrogen-bond donors (Lipinski definition) is 1. The van der Waals surface area contributed by atoms with Gasteiger partial charge in [0.25, 0.3) is 0 Å². The van der Waals surface area contributed by atoms with Gasteiger partial charge in [-0.2, -0.15) is 0 Å². The van der Waals surface area contributed by atoms with Crippen LogP contribution >= 0.6 is 23.2 Å². The van der Waals surface area contributed by atoms with Crippen molar-refractivity contribution < 1.29 is 14.4 Å². The molecule has 0 atom stereocenters. The topological polar surface area (TPSA) is 22.9 Å². The number of quaternary nitrogens is 1. The van der Waals surface area contributed by atoms with Crippen LogP contribution in [0.3, 0.4) is 0 Å². The van der Waals surface area contributed by atoms with E-state index in [0.29, 0.717) is 22.4 Å². The fourth-order valence-electron chi connectivity index (χ4n) is 2.18. The molecule has 2 rings (SSSR count). The number of benzene rings is 1. The van der Waals surface area contributed by atoms with E-state index in [1.165, 1.54) is 6.54 Å². The Bertz CT molecular complexity index is 375. The molecule has 1 N–H and O–H groups in total. The van der Waals surface area contributed by atoms with Gasteiger partial charge in [-0.3, -0.25) is 0 Å². The Hall–Kier alpha value is -0.480. The first-order valence-corrected chi connectivity index (χ1v) is 7.51. The van der Waals surface area contributed by atoms with E-state index in [2.05, 4.69) is 0 Å². The van der Waals surface area contributed by atoms with E-state index in [0.717, 1.165) is 39.1 Å². The fraction of sp³-hybridized carbons (Fsp3) is 0.571. The molecule has 1 aromatic carbocycles. The predicted octanol–water partition coefficient (Wildman–Crippen LogP) is 2.07. The van der Waals surface area contributed by atoms with E-state index in [-0.39, 0.29) is 0 Å². The highest BCUT2D eigenvalue weighted by Crippen LogP contribution is 2.32. The molecule has 0 spiro atoms. The first-order chi connectivity index (χ1) is 9.27. The Balaban J connectivity index is 1.63. The minimum Gasteiger partial charge on any atom is -0.490 e. The zero-order valence-electron chi connectivity index (χ0n) is 11.0. The largest absolute Gasteiger partial charge is 0.490 e. The van der Waals surface area contributed by atoms with E-state index in [9.17, 15) is 0 Å². The van der Waals surface area contributed by atoms with Gasteiger partial charge in [-0.15, -0.1) is 0 Å². The van der Waals surface area contributed by atoms with E-state index in [1.807, 2.05) is 6.07 Å². The lowest BCUT2D eigenvalue weighted by Gasteiger charge is -2.23. The first kappa shape index (κ1) is 14.9. The lowest BCUT2D eigenvalue weighted by molar-refractivity contribution is -0.908. The molecule has 1 saturated heterocycles. The molecule has 1 heterocycles. The third kappa shape index (κ3) is 4.84. The van der Waals surface area contributed by atoms with Crippen LogP contribution in [0.5, 0.6) is 5.75 Å². The molecule has 5 heteroatoms. The predicted molar refractivity (Wildman–Crippen MR) is 77.6 cm³/mol. The van der Waals surface area contributed by atoms with Crippen LogP contribution in [0.1, 0.15) is 12.8 Å². The minimum absolute atomic E-state index is 0.575. The normalized spacial score (nSPS) is 16.5. The van der Waals surface area contributed by atoms with Crippen LogP contribution in [0.15, 0.2) is 18.2 Å². The maximum Gasteiger partial charge on any atom is 0.156 e. The van der Waals surface area contributed by atoms with Crippen molar-refractivity contribution in [2.75, 3.05) is 39.5 Å². The van der Waals surface area contributed by atoms with Gasteiger partial charge in [-0.05, 0) is 25.0 Å². The summed E-state index contributed by atoms with van der Waals surface area (Å²) in [6.45, 7) is 5.87. The van der Waals surface area contributed by atoms with Gasteiger partial charge < -0.3 is 14.4 Å². The van der Waals surface area contributed by atoms with Crippen LogP contribution in [0.25, 0.3) is 0 Å². The molecule has 0 bridgehead atoms. The Morgan fingerprint density at radius 2 is 1.79 bits per heavy atom. The number of halogens is 2. The van der Waals surface area contributed by atoms with Crippen molar-refractivity contribution in [3.63, 3.8) is 0 Å². The first-order valence-electron chi connectivity index (χ1n) is 6.75. The van der Waals surface area contributed by atoms with E-state index < -0.39 is 0 Å². The highest BCUT2D eigenvalue weighted by Gasteiger charge is 2.12. The Labute approximate surface area is 124 Å². The van der Waals surface area contributed by atoms with Gasteiger partial charge in [-0.1, -0.05) is 29.3 Å². The average Bonchev–Trinajstić information content (AvgIpc) is 2.42. The van der Waals surface area contributed by atoms with Crippen LogP contribution in [0, 0.1) is 0 Å². The lowest BCUT2D eigenvalue weighted by atomic mass is 10.3. The van der Waals surface area contributed by atoms with Gasteiger partial charge in [0.1, 0.15) is 13.1 Å². The van der Waals surface area contributed by atoms with Crippen molar-refractivity contribution in [2.45, 2.75) is 12.8 Å². The summed E-state index contributed by atoms with van der Waals surface area (Å²) in [7, 11) is 0. The molecule has 0 unspecified atom stereocenters. The summed E-state index contributed by atoms with van der Waals surface area (Å²) in [4.78, 5) is 1.63. The van der Waals surface area contributed by atoms with Crippen molar-refractivity contribution in [3.05, 3.63) is 28.2 Å². The number of rotatable bonds is 6. The van der Waals surface area contributed by atoms with Crippen molar-refractivity contribution in [1.82, 2.24) is 0 Å². The molecule has 1 aliphatic heterocycles. The quantitative estimate of drug-likeness (QED) is 0.813. The summed E-state index contributed by atoms with van der Waals surface area (Å²) < 4.78 is 11.0. The third-order valence-electron chi connectivity index (χ3n) is 3.29. The molecule has 1 fully saturated rings. The zero-order chi connectivity index (χ0) is 13.5. The number of morpholine rings is 1. The Morgan fingerprint density at radius 3 is 2.47 bits per heavy atom. The number of hydrogen-bond acceptors (Lipinski definition) is 2. The molecule has 0 aromatic heterocycles. The van der Waals surface area contributed by atoms with Crippen LogP contribution < -0.4 is 9.64 Å². The van der Waals surface area contributed by atoms with Crippen LogP contribution in [0.4, 0.5) is 0 Å². The summed E-state index contributed by atoms with van der Waals surface area (Å²) in [5, 5.41) is 1.15. The molecular formula is C14H20Cl2NO2+. The number of ether oxygens (including phenoxy) is 2. The Morgan fingerprint density at radius 1 is 1.11 bits per heavy atom. The van der Waals surface area contributed by atoms with Crippen molar-refractivity contribution in [3.8, 4) is 5.75 Å². The SMILES string of the molecule is Clc1cccc(Cl)c1OCCCC[NH+]1CCOCC1. The van der Waals surface area contributed by atoms with Gasteiger partial charge in [0.15, 0.2) is 5.75 Å². The second-order valence-electron chi connectivity index (χ2n) is 4.72. The molecular weight excluding hydrogens is 285 g/mol. The Kier molecular flexibility index (Phi) is 6.24. The van der Waals surface area contributed by atoms with Crippen molar-refractivity contribution in [2.24, 2.45) is 0 Å². The highest BCUT2D eigenvalue weighted by atomic mass is 35.5. The summed E-state index contributed by atoms with van der Waals surface area (Å²) in [5.41, 5.74) is 0. The summed E-state index contributed by atoms with van der Waals surface area (Å²) in [5.74, 6) is 0.601. The molecule has 0 amide bonds. The summed E-state index contributed by atoms with van der Waals surface area (Å²) in [6, 6.07) is 5.40. The van der Waals surface area contributed by atoms with E-state index >= 15 is 0 Å². The molecule has 19 heavy (non-hydrogen) atoms. The second kappa shape index (κ2) is 7.95. The van der Waals surface area contributed by atoms with Crippen LogP contribution in [-0.4, -0.2) is 39.5 Å². The maximum absolute atomic E-state index is 6.04. The van der Waals surface area contributed by atoms with Crippen LogP contribution in [-0.2, 0) is 4.74 Å². The molecule has 0 aliphatic carbocycles. The average molecular weight is 305 g/mol. The van der Waals surface area contributed by atoms with Gasteiger partial charge >= 0.3 is 0 Å². The van der Waals surface area contributed by atoms with E-state index in [4.69, 9.17) is 32.7 Å². The molecule has 1 aromatic rings. The number of unbranched alkanes of at least 4 members (excludes halogenated alkanes) is 1. The van der Waals surface area contributed by atoms with Crippen molar-refractivity contribution >= 4 is 23.2 Å². The minimum atomic E-state index is 0.575. The monoisotopic (exact) mass is 304 g/mol. The number of para-hydroxylation sites is 1. The fourth-order valence-corrected chi connectivity index (χ4v) is 2.69. The molecule has 106 valence electrons. The van der Waals surface area contributed by atoms with Gasteiger partial charge in [0.2, 0.25) is 0 Å². The molecule has 0 saturated carbocycles. The summed E-state index contributed by atoms with van der Waals surface area (Å²) in [6.07, 6.45) is 2.17. The van der Waals surface area contributed by atoms with Gasteiger partial charge in [0, 0.05) is 0 Å². The highest BCUT2D eigenvalue weighted by molar-refractivity contribution is 6.37. The van der Waals surface area contributed by atoms with Crippen LogP contribution in [0.2, 0.25) is 10.0 Å². The number of nitrogens with one attached hydrogen (secondary N) is 1. The zero-order valence-corrected chi connectivity index (χ0v) is 12.5. The maximum atomic E-state index is 6.04. The summed E-state index contributed by atoms with van der Waals surface area (Å²) >= 11 is 12.1. The van der Waals surface area contributed by atoms with Crippen molar-refractivity contribution in [1.29, 1.82) is 0 Å². The molecule has 0 radical (unpaired) electrons.